The van der Waals surface area contributed by atoms with Crippen LogP contribution in [-0.4, -0.2) is 31.7 Å². The lowest BCUT2D eigenvalue weighted by atomic mass is 10.00. The second kappa shape index (κ2) is 6.53. The average Bonchev–Trinajstić information content (AvgIpc) is 3.11. The fourth-order valence-corrected chi connectivity index (χ4v) is 3.37. The molecule has 0 saturated carbocycles. The van der Waals surface area contributed by atoms with Crippen molar-refractivity contribution >= 4 is 0 Å². The molecule has 1 aliphatic heterocycles. The van der Waals surface area contributed by atoms with E-state index < -0.39 is 0 Å². The minimum atomic E-state index is 0.0971. The smallest absolute Gasteiger partial charge is 0.173 e. The Hall–Kier alpha value is -2.53. The van der Waals surface area contributed by atoms with Gasteiger partial charge < -0.3 is 0 Å². The second-order valence-corrected chi connectivity index (χ2v) is 6.21. The minimum absolute atomic E-state index is 0.0971. The van der Waals surface area contributed by atoms with Crippen LogP contribution in [-0.2, 0) is 19.5 Å². The third-order valence-electron chi connectivity index (χ3n) is 4.70. The first kappa shape index (κ1) is 15.0. The molecule has 1 aliphatic rings. The zero-order valence-electron chi connectivity index (χ0n) is 13.8. The van der Waals surface area contributed by atoms with Gasteiger partial charge in [0.15, 0.2) is 5.82 Å². The van der Waals surface area contributed by atoms with Crippen molar-refractivity contribution in [1.29, 1.82) is 0 Å². The molecule has 0 amide bonds. The molecule has 3 aromatic rings. The highest BCUT2D eigenvalue weighted by Gasteiger charge is 2.31. The van der Waals surface area contributed by atoms with Crippen molar-refractivity contribution in [2.45, 2.75) is 32.5 Å². The Labute approximate surface area is 141 Å². The predicted octanol–water partition coefficient (Wildman–Crippen LogP) is 2.84. The molecule has 24 heavy (non-hydrogen) atoms. The standard InChI is InChI=1S/C19H21N5/c1-2-15-8-10-17(11-9-15)18-19-20-21-22-24(19)13-12-23(18)14-16-6-4-3-5-7-16/h3-11,18H,2,12-14H2,1H3/t18-/m1/s1. The van der Waals surface area contributed by atoms with Gasteiger partial charge in [-0.15, -0.1) is 5.10 Å². The zero-order valence-corrected chi connectivity index (χ0v) is 13.8. The van der Waals surface area contributed by atoms with Crippen LogP contribution in [0.25, 0.3) is 0 Å². The van der Waals surface area contributed by atoms with E-state index in [0.29, 0.717) is 0 Å². The summed E-state index contributed by atoms with van der Waals surface area (Å²) in [7, 11) is 0. The summed E-state index contributed by atoms with van der Waals surface area (Å²) in [6.45, 7) is 4.84. The Balaban J connectivity index is 1.69. The highest BCUT2D eigenvalue weighted by atomic mass is 15.6. The molecule has 1 aromatic heterocycles. The van der Waals surface area contributed by atoms with Crippen LogP contribution in [0.3, 0.4) is 0 Å². The molecule has 0 spiro atoms. The Morgan fingerprint density at radius 2 is 1.75 bits per heavy atom. The summed E-state index contributed by atoms with van der Waals surface area (Å²) in [5.41, 5.74) is 3.91. The molecule has 122 valence electrons. The van der Waals surface area contributed by atoms with Crippen molar-refractivity contribution in [1.82, 2.24) is 25.1 Å². The third-order valence-corrected chi connectivity index (χ3v) is 4.70. The number of benzene rings is 2. The van der Waals surface area contributed by atoms with Crippen LogP contribution in [0.1, 0.15) is 35.5 Å². The van der Waals surface area contributed by atoms with Crippen molar-refractivity contribution < 1.29 is 0 Å². The molecule has 0 bridgehead atoms. The van der Waals surface area contributed by atoms with Crippen LogP contribution < -0.4 is 0 Å². The second-order valence-electron chi connectivity index (χ2n) is 6.21. The largest absolute Gasteiger partial charge is 0.284 e. The summed E-state index contributed by atoms with van der Waals surface area (Å²) in [4.78, 5) is 2.46. The van der Waals surface area contributed by atoms with Gasteiger partial charge in [-0.3, -0.25) is 4.90 Å². The molecule has 0 N–H and O–H groups in total. The number of nitrogens with zero attached hydrogens (tertiary/aromatic N) is 5. The summed E-state index contributed by atoms with van der Waals surface area (Å²) in [5, 5.41) is 12.3. The topological polar surface area (TPSA) is 46.8 Å². The highest BCUT2D eigenvalue weighted by Crippen LogP contribution is 2.31. The number of hydrogen-bond donors (Lipinski definition) is 0. The Bertz CT molecular complexity index is 794. The molecular weight excluding hydrogens is 298 g/mol. The van der Waals surface area contributed by atoms with Crippen molar-refractivity contribution in [2.75, 3.05) is 6.54 Å². The van der Waals surface area contributed by atoms with Crippen LogP contribution in [0.4, 0.5) is 0 Å². The number of rotatable bonds is 4. The molecule has 0 saturated heterocycles. The highest BCUT2D eigenvalue weighted by molar-refractivity contribution is 5.30. The average molecular weight is 319 g/mol. The van der Waals surface area contributed by atoms with E-state index >= 15 is 0 Å². The maximum absolute atomic E-state index is 4.31. The monoisotopic (exact) mass is 319 g/mol. The fraction of sp³-hybridized carbons (Fsp3) is 0.316. The van der Waals surface area contributed by atoms with Crippen molar-refractivity contribution in [3.8, 4) is 0 Å². The number of aryl methyl sites for hydroxylation is 1. The quantitative estimate of drug-likeness (QED) is 0.742. The molecule has 0 radical (unpaired) electrons. The van der Waals surface area contributed by atoms with Gasteiger partial charge >= 0.3 is 0 Å². The van der Waals surface area contributed by atoms with Gasteiger partial charge in [-0.05, 0) is 33.5 Å². The van der Waals surface area contributed by atoms with E-state index in [-0.39, 0.29) is 6.04 Å². The molecule has 5 nitrogen and oxygen atoms in total. The maximum atomic E-state index is 4.31. The first-order valence-electron chi connectivity index (χ1n) is 8.48. The lowest BCUT2D eigenvalue weighted by Gasteiger charge is -2.35. The SMILES string of the molecule is CCc1ccc([C@@H]2c3nnnn3CCN2Cc2ccccc2)cc1. The van der Waals surface area contributed by atoms with Gasteiger partial charge in [0.25, 0.3) is 0 Å². The number of tetrazole rings is 1. The number of aromatic nitrogens is 4. The van der Waals surface area contributed by atoms with Crippen LogP contribution in [0.15, 0.2) is 54.6 Å². The third kappa shape index (κ3) is 2.83. The molecule has 0 unspecified atom stereocenters. The molecular formula is C19H21N5. The van der Waals surface area contributed by atoms with E-state index in [2.05, 4.69) is 81.9 Å². The van der Waals surface area contributed by atoms with Gasteiger partial charge in [0.05, 0.1) is 12.6 Å². The summed E-state index contributed by atoms with van der Waals surface area (Å²) < 4.78 is 1.93. The van der Waals surface area contributed by atoms with Gasteiger partial charge in [-0.25, -0.2) is 4.68 Å². The normalized spacial score (nSPS) is 17.6. The van der Waals surface area contributed by atoms with Gasteiger partial charge in [-0.2, -0.15) is 0 Å². The minimum Gasteiger partial charge on any atom is -0.284 e. The molecule has 0 fully saturated rings. The van der Waals surface area contributed by atoms with Gasteiger partial charge in [0.2, 0.25) is 0 Å². The number of hydrogen-bond acceptors (Lipinski definition) is 4. The van der Waals surface area contributed by atoms with Crippen LogP contribution in [0.2, 0.25) is 0 Å². The Morgan fingerprint density at radius 3 is 2.50 bits per heavy atom. The Morgan fingerprint density at radius 1 is 0.958 bits per heavy atom. The van der Waals surface area contributed by atoms with Crippen LogP contribution in [0, 0.1) is 0 Å². The zero-order chi connectivity index (χ0) is 16.4. The van der Waals surface area contributed by atoms with Gasteiger partial charge in [0.1, 0.15) is 0 Å². The molecule has 5 heteroatoms. The lowest BCUT2D eigenvalue weighted by Crippen LogP contribution is -2.38. The summed E-state index contributed by atoms with van der Waals surface area (Å²) >= 11 is 0. The van der Waals surface area contributed by atoms with Crippen molar-refractivity contribution in [3.63, 3.8) is 0 Å². The van der Waals surface area contributed by atoms with Crippen LogP contribution in [0.5, 0.6) is 0 Å². The van der Waals surface area contributed by atoms with Gasteiger partial charge in [0, 0.05) is 13.1 Å². The molecule has 4 rings (SSSR count). The summed E-state index contributed by atoms with van der Waals surface area (Å²) in [6, 6.07) is 19.5. The molecule has 2 aromatic carbocycles. The van der Waals surface area contributed by atoms with E-state index in [0.717, 1.165) is 31.9 Å². The predicted molar refractivity (Wildman–Crippen MR) is 92.3 cm³/mol. The lowest BCUT2D eigenvalue weighted by molar-refractivity contribution is 0.164. The van der Waals surface area contributed by atoms with E-state index in [1.54, 1.807) is 0 Å². The maximum Gasteiger partial charge on any atom is 0.173 e. The molecule has 0 aliphatic carbocycles. The molecule has 2 heterocycles. The van der Waals surface area contributed by atoms with Crippen molar-refractivity contribution in [3.05, 3.63) is 77.1 Å². The molecule has 1 atom stereocenters. The summed E-state index contributed by atoms with van der Waals surface area (Å²) in [6.07, 6.45) is 1.05. The van der Waals surface area contributed by atoms with Crippen molar-refractivity contribution in [2.24, 2.45) is 0 Å². The van der Waals surface area contributed by atoms with E-state index in [4.69, 9.17) is 0 Å². The number of fused-ring (bicyclic) bond motifs is 1. The first-order chi connectivity index (χ1) is 11.8. The Kier molecular flexibility index (Phi) is 4.09. The van der Waals surface area contributed by atoms with Crippen LogP contribution >= 0.6 is 0 Å². The first-order valence-corrected chi connectivity index (χ1v) is 8.48. The van der Waals surface area contributed by atoms with E-state index in [1.165, 1.54) is 16.7 Å². The van der Waals surface area contributed by atoms with E-state index in [9.17, 15) is 0 Å². The fourth-order valence-electron chi connectivity index (χ4n) is 3.37. The van der Waals surface area contributed by atoms with E-state index in [1.807, 2.05) is 4.68 Å². The summed E-state index contributed by atoms with van der Waals surface area (Å²) in [5.74, 6) is 0.932. The van der Waals surface area contributed by atoms with Gasteiger partial charge in [-0.1, -0.05) is 61.5 Å².